The number of methoxy groups -OCH3 is 1. The van der Waals surface area contributed by atoms with Crippen LogP contribution < -0.4 is 0 Å². The number of nitrogens with one attached hydrogen (secondary N) is 1. The van der Waals surface area contributed by atoms with E-state index in [9.17, 15) is 4.79 Å². The topological polar surface area (TPSA) is 58.2 Å². The standard InChI is InChI=1S/C9H15N3O2/c1-12(2)8(9(13)14-3)4-7-5-10-6-11-7/h5-6,8H,4H2,1-3H3,(H,10,11)/t8-/m0/s1. The minimum Gasteiger partial charge on any atom is -0.468 e. The van der Waals surface area contributed by atoms with Crippen molar-refractivity contribution in [3.05, 3.63) is 18.2 Å². The molecule has 5 heteroatoms. The minimum atomic E-state index is -0.275. The number of aromatic amines is 1. The Bertz CT molecular complexity index is 282. The maximum absolute atomic E-state index is 11.4. The van der Waals surface area contributed by atoms with Crippen molar-refractivity contribution in [2.45, 2.75) is 12.5 Å². The lowest BCUT2D eigenvalue weighted by Crippen LogP contribution is -2.38. The highest BCUT2D eigenvalue weighted by Crippen LogP contribution is 2.04. The van der Waals surface area contributed by atoms with Crippen molar-refractivity contribution in [3.63, 3.8) is 0 Å². The van der Waals surface area contributed by atoms with Crippen LogP contribution in [0.25, 0.3) is 0 Å². The van der Waals surface area contributed by atoms with E-state index in [1.54, 1.807) is 12.5 Å². The average molecular weight is 197 g/mol. The second-order valence-corrected chi connectivity index (χ2v) is 3.27. The second-order valence-electron chi connectivity index (χ2n) is 3.27. The van der Waals surface area contributed by atoms with Crippen molar-refractivity contribution in [3.8, 4) is 0 Å². The normalized spacial score (nSPS) is 12.9. The van der Waals surface area contributed by atoms with Crippen LogP contribution in [0.2, 0.25) is 0 Å². The second kappa shape index (κ2) is 4.76. The van der Waals surface area contributed by atoms with E-state index in [0.717, 1.165) is 5.69 Å². The van der Waals surface area contributed by atoms with Crippen LogP contribution in [0.4, 0.5) is 0 Å². The Labute approximate surface area is 83.1 Å². The van der Waals surface area contributed by atoms with Crippen LogP contribution in [0.1, 0.15) is 5.69 Å². The molecule has 0 spiro atoms. The number of imidazole rings is 1. The predicted molar refractivity (Wildman–Crippen MR) is 51.8 cm³/mol. The number of hydrogen-bond acceptors (Lipinski definition) is 4. The Kier molecular flexibility index (Phi) is 3.64. The van der Waals surface area contributed by atoms with Crippen molar-refractivity contribution in [1.82, 2.24) is 14.9 Å². The zero-order valence-electron chi connectivity index (χ0n) is 8.65. The van der Waals surface area contributed by atoms with E-state index in [1.807, 2.05) is 19.0 Å². The van der Waals surface area contributed by atoms with Gasteiger partial charge in [0.1, 0.15) is 6.04 Å². The van der Waals surface area contributed by atoms with Crippen molar-refractivity contribution in [2.75, 3.05) is 21.2 Å². The molecule has 5 nitrogen and oxygen atoms in total. The molecule has 78 valence electrons. The van der Waals surface area contributed by atoms with Crippen molar-refractivity contribution in [2.24, 2.45) is 0 Å². The molecule has 1 aromatic heterocycles. The summed E-state index contributed by atoms with van der Waals surface area (Å²) in [6, 6.07) is -0.275. The van der Waals surface area contributed by atoms with E-state index in [1.165, 1.54) is 7.11 Å². The fraction of sp³-hybridized carbons (Fsp3) is 0.556. The number of aromatic nitrogens is 2. The van der Waals surface area contributed by atoms with Crippen LogP contribution in [-0.2, 0) is 16.0 Å². The third-order valence-electron chi connectivity index (χ3n) is 2.05. The van der Waals surface area contributed by atoms with Gasteiger partial charge in [0.05, 0.1) is 19.1 Å². The number of carbonyl (C=O) groups excluding carboxylic acids is 1. The summed E-state index contributed by atoms with van der Waals surface area (Å²) in [5, 5.41) is 0. The summed E-state index contributed by atoms with van der Waals surface area (Å²) in [6.07, 6.45) is 3.93. The van der Waals surface area contributed by atoms with E-state index in [-0.39, 0.29) is 12.0 Å². The quantitative estimate of drug-likeness (QED) is 0.693. The first kappa shape index (κ1) is 10.7. The van der Waals surface area contributed by atoms with E-state index < -0.39 is 0 Å². The van der Waals surface area contributed by atoms with Gasteiger partial charge in [0, 0.05) is 12.6 Å². The summed E-state index contributed by atoms with van der Waals surface area (Å²) in [6.45, 7) is 0. The molecule has 14 heavy (non-hydrogen) atoms. The largest absolute Gasteiger partial charge is 0.468 e. The fourth-order valence-corrected chi connectivity index (χ4v) is 1.21. The van der Waals surface area contributed by atoms with Crippen LogP contribution in [0.5, 0.6) is 0 Å². The first-order valence-electron chi connectivity index (χ1n) is 4.37. The Morgan fingerprint density at radius 3 is 2.86 bits per heavy atom. The summed E-state index contributed by atoms with van der Waals surface area (Å²) < 4.78 is 4.70. The van der Waals surface area contributed by atoms with Crippen LogP contribution >= 0.6 is 0 Å². The number of nitrogens with zero attached hydrogens (tertiary/aromatic N) is 2. The average Bonchev–Trinajstić information content (AvgIpc) is 2.65. The van der Waals surface area contributed by atoms with Crippen LogP contribution in [0.3, 0.4) is 0 Å². The molecule has 0 radical (unpaired) electrons. The number of H-pyrrole nitrogens is 1. The van der Waals surface area contributed by atoms with Gasteiger partial charge in [-0.25, -0.2) is 4.98 Å². The number of carbonyl (C=O) groups is 1. The Morgan fingerprint density at radius 2 is 2.43 bits per heavy atom. The molecular weight excluding hydrogens is 182 g/mol. The molecule has 0 aliphatic rings. The molecule has 0 aliphatic heterocycles. The molecule has 0 bridgehead atoms. The van der Waals surface area contributed by atoms with Gasteiger partial charge in [-0.05, 0) is 14.1 Å². The van der Waals surface area contributed by atoms with E-state index >= 15 is 0 Å². The third kappa shape index (κ3) is 2.56. The molecule has 0 fully saturated rings. The zero-order chi connectivity index (χ0) is 10.6. The van der Waals surface area contributed by atoms with Crippen LogP contribution in [0, 0.1) is 0 Å². The van der Waals surface area contributed by atoms with E-state index in [4.69, 9.17) is 4.74 Å². The molecule has 1 heterocycles. The Morgan fingerprint density at radius 1 is 1.71 bits per heavy atom. The fourth-order valence-electron chi connectivity index (χ4n) is 1.21. The van der Waals surface area contributed by atoms with E-state index in [2.05, 4.69) is 9.97 Å². The van der Waals surface area contributed by atoms with Crippen molar-refractivity contribution in [1.29, 1.82) is 0 Å². The number of ether oxygens (including phenoxy) is 1. The predicted octanol–water partition coefficient (Wildman–Crippen LogP) is 0.0554. The van der Waals surface area contributed by atoms with Gasteiger partial charge in [-0.3, -0.25) is 9.69 Å². The van der Waals surface area contributed by atoms with Gasteiger partial charge >= 0.3 is 5.97 Å². The maximum Gasteiger partial charge on any atom is 0.323 e. The third-order valence-corrected chi connectivity index (χ3v) is 2.05. The molecule has 0 aliphatic carbocycles. The van der Waals surface area contributed by atoms with Gasteiger partial charge in [0.15, 0.2) is 0 Å². The van der Waals surface area contributed by atoms with Gasteiger partial charge in [0.25, 0.3) is 0 Å². The lowest BCUT2D eigenvalue weighted by molar-refractivity contribution is -0.145. The summed E-state index contributed by atoms with van der Waals surface area (Å²) in [7, 11) is 5.08. The molecule has 1 N–H and O–H groups in total. The van der Waals surface area contributed by atoms with Crippen molar-refractivity contribution >= 4 is 5.97 Å². The maximum atomic E-state index is 11.4. The SMILES string of the molecule is COC(=O)[C@H](Cc1c[nH]cn1)N(C)C. The first-order chi connectivity index (χ1) is 6.65. The minimum absolute atomic E-state index is 0.238. The summed E-state index contributed by atoms with van der Waals surface area (Å²) in [4.78, 5) is 20.1. The highest BCUT2D eigenvalue weighted by molar-refractivity contribution is 5.75. The molecule has 1 rings (SSSR count). The summed E-state index contributed by atoms with van der Waals surface area (Å²) in [5.41, 5.74) is 0.856. The monoisotopic (exact) mass is 197 g/mol. The number of esters is 1. The van der Waals surface area contributed by atoms with E-state index in [0.29, 0.717) is 6.42 Å². The molecule has 0 saturated heterocycles. The van der Waals surface area contributed by atoms with Crippen molar-refractivity contribution < 1.29 is 9.53 Å². The molecule has 1 aromatic rings. The van der Waals surface area contributed by atoms with Gasteiger partial charge in [-0.15, -0.1) is 0 Å². The molecular formula is C9H15N3O2. The van der Waals surface area contributed by atoms with Gasteiger partial charge in [0.2, 0.25) is 0 Å². The molecule has 1 atom stereocenters. The van der Waals surface area contributed by atoms with Gasteiger partial charge < -0.3 is 9.72 Å². The highest BCUT2D eigenvalue weighted by Gasteiger charge is 2.22. The number of hydrogen-bond donors (Lipinski definition) is 1. The lowest BCUT2D eigenvalue weighted by Gasteiger charge is -2.20. The van der Waals surface area contributed by atoms with Gasteiger partial charge in [-0.2, -0.15) is 0 Å². The molecule has 0 unspecified atom stereocenters. The molecule has 0 saturated carbocycles. The molecule has 0 aromatic carbocycles. The smallest absolute Gasteiger partial charge is 0.323 e. The summed E-state index contributed by atoms with van der Waals surface area (Å²) >= 11 is 0. The first-order valence-corrected chi connectivity index (χ1v) is 4.37. The Hall–Kier alpha value is -1.36. The lowest BCUT2D eigenvalue weighted by atomic mass is 10.1. The number of rotatable bonds is 4. The highest BCUT2D eigenvalue weighted by atomic mass is 16.5. The summed E-state index contributed by atoms with van der Waals surface area (Å²) in [5.74, 6) is -0.238. The van der Waals surface area contributed by atoms with Crippen LogP contribution in [-0.4, -0.2) is 48.1 Å². The number of likely N-dealkylation sites (N-methyl/N-ethyl adjacent to an activating group) is 1. The Balaban J connectivity index is 2.65. The zero-order valence-corrected chi connectivity index (χ0v) is 8.65. The van der Waals surface area contributed by atoms with Gasteiger partial charge in [-0.1, -0.05) is 0 Å². The van der Waals surface area contributed by atoms with Crippen LogP contribution in [0.15, 0.2) is 12.5 Å². The molecule has 0 amide bonds.